The van der Waals surface area contributed by atoms with E-state index >= 15 is 0 Å². The molecule has 3 aromatic rings. The number of halogens is 1. The Labute approximate surface area is 161 Å². The number of fused-ring (bicyclic) bond motifs is 2. The van der Waals surface area contributed by atoms with Gasteiger partial charge in [-0.25, -0.2) is 8.42 Å². The van der Waals surface area contributed by atoms with E-state index in [0.29, 0.717) is 10.7 Å². The van der Waals surface area contributed by atoms with Crippen LogP contribution >= 0.6 is 11.6 Å². The van der Waals surface area contributed by atoms with Gasteiger partial charge in [-0.15, -0.1) is 0 Å². The van der Waals surface area contributed by atoms with Crippen LogP contribution in [0.4, 0.5) is 29.0 Å². The van der Waals surface area contributed by atoms with Gasteiger partial charge < -0.3 is 11.5 Å². The van der Waals surface area contributed by atoms with Crippen molar-refractivity contribution in [2.45, 2.75) is 23.6 Å². The van der Waals surface area contributed by atoms with E-state index in [0.717, 1.165) is 16.8 Å². The number of sulfone groups is 1. The van der Waals surface area contributed by atoms with Crippen molar-refractivity contribution < 1.29 is 8.42 Å². The van der Waals surface area contributed by atoms with E-state index in [9.17, 15) is 8.42 Å². The van der Waals surface area contributed by atoms with Crippen LogP contribution in [0.15, 0.2) is 46.2 Å². The average Bonchev–Trinajstić information content (AvgIpc) is 2.57. The van der Waals surface area contributed by atoms with Crippen molar-refractivity contribution in [3.8, 4) is 0 Å². The number of nitrogens with zero attached hydrogens (tertiary/aromatic N) is 3. The molecule has 0 amide bonds. The molecule has 7 nitrogen and oxygen atoms in total. The maximum Gasteiger partial charge on any atom is 0.224 e. The molecule has 1 aromatic heterocycles. The third kappa shape index (κ3) is 2.60. The molecule has 0 radical (unpaired) electrons. The number of nitrogen functional groups attached to an aromatic ring is 2. The van der Waals surface area contributed by atoms with Crippen molar-refractivity contribution in [2.75, 3.05) is 16.4 Å². The molecule has 27 heavy (non-hydrogen) atoms. The average molecular weight is 402 g/mol. The minimum absolute atomic E-state index is 0.0449. The quantitative estimate of drug-likeness (QED) is 0.501. The SMILES string of the molecule is Cc1ccc(C)c(N2c3ccc(Cl)cc3S(=O)(=O)c3c(N)nc(N)nc32)c1. The number of aromatic nitrogens is 2. The molecule has 0 fully saturated rings. The zero-order valence-electron chi connectivity index (χ0n) is 14.6. The van der Waals surface area contributed by atoms with E-state index < -0.39 is 9.84 Å². The predicted octanol–water partition coefficient (Wildman–Crippen LogP) is 3.53. The highest BCUT2D eigenvalue weighted by atomic mass is 35.5. The van der Waals surface area contributed by atoms with Gasteiger partial charge >= 0.3 is 0 Å². The molecular formula is C18H16ClN5O2S. The standard InChI is InChI=1S/C18H16ClN5O2S/c1-9-3-4-10(2)13(7-9)24-12-6-5-11(19)8-14(12)27(25,26)15-16(20)22-18(21)23-17(15)24/h3-8H,1-2H3,(H4,20,21,22,23). The minimum atomic E-state index is -3.97. The maximum atomic E-state index is 13.2. The fraction of sp³-hybridized carbons (Fsp3) is 0.111. The zero-order chi connectivity index (χ0) is 19.5. The van der Waals surface area contributed by atoms with Crippen molar-refractivity contribution in [3.05, 3.63) is 52.5 Å². The van der Waals surface area contributed by atoms with E-state index in [1.807, 2.05) is 32.0 Å². The molecule has 2 heterocycles. The van der Waals surface area contributed by atoms with Gasteiger partial charge in [0.25, 0.3) is 0 Å². The lowest BCUT2D eigenvalue weighted by Gasteiger charge is -2.33. The van der Waals surface area contributed by atoms with Crippen LogP contribution in [0.3, 0.4) is 0 Å². The van der Waals surface area contributed by atoms with Crippen molar-refractivity contribution in [3.63, 3.8) is 0 Å². The van der Waals surface area contributed by atoms with Gasteiger partial charge in [0.2, 0.25) is 15.8 Å². The first kappa shape index (κ1) is 17.6. The normalized spacial score (nSPS) is 14.6. The predicted molar refractivity (Wildman–Crippen MR) is 105 cm³/mol. The Morgan fingerprint density at radius 3 is 2.48 bits per heavy atom. The molecule has 0 saturated carbocycles. The summed E-state index contributed by atoms with van der Waals surface area (Å²) < 4.78 is 26.4. The van der Waals surface area contributed by atoms with Crippen molar-refractivity contribution >= 4 is 50.4 Å². The van der Waals surface area contributed by atoms with Crippen molar-refractivity contribution in [2.24, 2.45) is 0 Å². The van der Waals surface area contributed by atoms with Crippen molar-refractivity contribution in [1.29, 1.82) is 0 Å². The monoisotopic (exact) mass is 401 g/mol. The van der Waals surface area contributed by atoms with Crippen LogP contribution in [-0.4, -0.2) is 18.4 Å². The van der Waals surface area contributed by atoms with Gasteiger partial charge in [-0.3, -0.25) is 4.90 Å². The van der Waals surface area contributed by atoms with E-state index in [-0.39, 0.29) is 27.4 Å². The summed E-state index contributed by atoms with van der Waals surface area (Å²) in [6, 6.07) is 10.6. The van der Waals surface area contributed by atoms with Crippen LogP contribution < -0.4 is 16.4 Å². The van der Waals surface area contributed by atoms with Gasteiger partial charge in [-0.05, 0) is 49.2 Å². The Morgan fingerprint density at radius 2 is 1.74 bits per heavy atom. The first-order valence-corrected chi connectivity index (χ1v) is 9.91. The van der Waals surface area contributed by atoms with Gasteiger partial charge in [0.05, 0.1) is 16.3 Å². The van der Waals surface area contributed by atoms with E-state index in [1.165, 1.54) is 6.07 Å². The lowest BCUT2D eigenvalue weighted by Crippen LogP contribution is -2.26. The number of rotatable bonds is 1. The summed E-state index contributed by atoms with van der Waals surface area (Å²) in [5.74, 6) is -0.170. The lowest BCUT2D eigenvalue weighted by atomic mass is 10.1. The second kappa shape index (κ2) is 5.83. The molecule has 1 aliphatic rings. The fourth-order valence-corrected chi connectivity index (χ4v) is 5.07. The van der Waals surface area contributed by atoms with Crippen LogP contribution in [0.25, 0.3) is 0 Å². The molecule has 138 valence electrons. The number of nitrogens with two attached hydrogens (primary N) is 2. The van der Waals surface area contributed by atoms with Crippen LogP contribution in [0.1, 0.15) is 11.1 Å². The number of anilines is 5. The second-order valence-electron chi connectivity index (χ2n) is 6.36. The van der Waals surface area contributed by atoms with Gasteiger partial charge in [-0.1, -0.05) is 23.7 Å². The minimum Gasteiger partial charge on any atom is -0.382 e. The highest BCUT2D eigenvalue weighted by Gasteiger charge is 2.39. The molecule has 0 bridgehead atoms. The third-order valence-corrected chi connectivity index (χ3v) is 6.50. The summed E-state index contributed by atoms with van der Waals surface area (Å²) in [5.41, 5.74) is 14.9. The Balaban J connectivity index is 2.17. The van der Waals surface area contributed by atoms with Crippen LogP contribution in [0, 0.1) is 13.8 Å². The molecule has 4 N–H and O–H groups in total. The zero-order valence-corrected chi connectivity index (χ0v) is 16.1. The number of aryl methyl sites for hydroxylation is 2. The molecule has 1 aliphatic heterocycles. The molecule has 0 atom stereocenters. The molecule has 0 saturated heterocycles. The molecule has 0 unspecified atom stereocenters. The summed E-state index contributed by atoms with van der Waals surface area (Å²) in [5, 5.41) is 0.302. The Morgan fingerprint density at radius 1 is 1.00 bits per heavy atom. The summed E-state index contributed by atoms with van der Waals surface area (Å²) in [4.78, 5) is 9.68. The van der Waals surface area contributed by atoms with Crippen LogP contribution in [-0.2, 0) is 9.84 Å². The summed E-state index contributed by atoms with van der Waals surface area (Å²) in [6.45, 7) is 3.89. The number of hydrogen-bond acceptors (Lipinski definition) is 7. The maximum absolute atomic E-state index is 13.2. The van der Waals surface area contributed by atoms with E-state index in [2.05, 4.69) is 9.97 Å². The fourth-order valence-electron chi connectivity index (χ4n) is 3.20. The summed E-state index contributed by atoms with van der Waals surface area (Å²) >= 11 is 6.08. The molecule has 9 heteroatoms. The molecule has 0 aliphatic carbocycles. The van der Waals surface area contributed by atoms with Gasteiger partial charge in [0.15, 0.2) is 16.5 Å². The topological polar surface area (TPSA) is 115 Å². The summed E-state index contributed by atoms with van der Waals surface area (Å²) in [7, 11) is -3.97. The largest absolute Gasteiger partial charge is 0.382 e. The second-order valence-corrected chi connectivity index (χ2v) is 8.65. The van der Waals surface area contributed by atoms with E-state index in [4.69, 9.17) is 23.1 Å². The van der Waals surface area contributed by atoms with E-state index in [1.54, 1.807) is 17.0 Å². The highest BCUT2D eigenvalue weighted by molar-refractivity contribution is 7.92. The Kier molecular flexibility index (Phi) is 3.79. The van der Waals surface area contributed by atoms with Gasteiger partial charge in [0.1, 0.15) is 0 Å². The third-order valence-electron chi connectivity index (χ3n) is 4.43. The molecule has 4 rings (SSSR count). The smallest absolute Gasteiger partial charge is 0.224 e. The first-order chi connectivity index (χ1) is 12.7. The Hall–Kier alpha value is -2.84. The van der Waals surface area contributed by atoms with Crippen LogP contribution in [0.5, 0.6) is 0 Å². The first-order valence-electron chi connectivity index (χ1n) is 8.05. The Bertz CT molecular complexity index is 1210. The van der Waals surface area contributed by atoms with Crippen molar-refractivity contribution in [1.82, 2.24) is 9.97 Å². The molecule has 2 aromatic carbocycles. The number of benzene rings is 2. The summed E-state index contributed by atoms with van der Waals surface area (Å²) in [6.07, 6.45) is 0. The molecular weight excluding hydrogens is 386 g/mol. The van der Waals surface area contributed by atoms with Gasteiger partial charge in [-0.2, -0.15) is 9.97 Å². The number of hydrogen-bond donors (Lipinski definition) is 2. The molecule has 0 spiro atoms. The lowest BCUT2D eigenvalue weighted by molar-refractivity contribution is 0.594. The highest BCUT2D eigenvalue weighted by Crippen LogP contribution is 2.50. The van der Waals surface area contributed by atoms with Gasteiger partial charge in [0, 0.05) is 5.02 Å². The van der Waals surface area contributed by atoms with Crippen LogP contribution in [0.2, 0.25) is 5.02 Å².